The molecule has 0 saturated heterocycles. The summed E-state index contributed by atoms with van der Waals surface area (Å²) in [6.07, 6.45) is 8.72. The first-order valence-electron chi connectivity index (χ1n) is 15.1. The van der Waals surface area contributed by atoms with Gasteiger partial charge in [-0.25, -0.2) is 9.78 Å². The van der Waals surface area contributed by atoms with Crippen LogP contribution in [-0.2, 0) is 6.42 Å². The molecule has 4 saturated carbocycles. The zero-order valence-electron chi connectivity index (χ0n) is 23.4. The molecular formula is C32H45NO5. The summed E-state index contributed by atoms with van der Waals surface area (Å²) >= 11 is 0. The summed E-state index contributed by atoms with van der Waals surface area (Å²) in [6, 6.07) is 5.09. The average Bonchev–Trinajstić information content (AvgIpc) is 3.45. The van der Waals surface area contributed by atoms with E-state index in [-0.39, 0.29) is 34.5 Å². The molecule has 1 heterocycles. The molecule has 208 valence electrons. The van der Waals surface area contributed by atoms with Gasteiger partial charge in [-0.15, -0.1) is 0 Å². The van der Waals surface area contributed by atoms with Gasteiger partial charge in [0.1, 0.15) is 5.52 Å². The van der Waals surface area contributed by atoms with Crippen molar-refractivity contribution in [3.63, 3.8) is 0 Å². The second kappa shape index (κ2) is 9.33. The van der Waals surface area contributed by atoms with Crippen molar-refractivity contribution in [1.82, 2.24) is 4.98 Å². The van der Waals surface area contributed by atoms with Crippen molar-refractivity contribution in [3.05, 3.63) is 29.7 Å². The Morgan fingerprint density at radius 2 is 1.82 bits per heavy atom. The number of carboxylic acid groups (broad SMARTS) is 1. The van der Waals surface area contributed by atoms with E-state index < -0.39 is 5.97 Å². The summed E-state index contributed by atoms with van der Waals surface area (Å²) in [5, 5.41) is 32.0. The fourth-order valence-electron chi connectivity index (χ4n) is 10.6. The molecule has 0 spiro atoms. The summed E-state index contributed by atoms with van der Waals surface area (Å²) in [5.74, 6) is 2.62. The van der Waals surface area contributed by atoms with Gasteiger partial charge in [0.25, 0.3) is 0 Å². The number of aromatic nitrogens is 1. The van der Waals surface area contributed by atoms with E-state index in [1.54, 1.807) is 18.2 Å². The largest absolute Gasteiger partial charge is 0.478 e. The van der Waals surface area contributed by atoms with Gasteiger partial charge in [0.15, 0.2) is 11.5 Å². The fraction of sp³-hybridized carbons (Fsp3) is 0.750. The molecule has 0 bridgehead atoms. The van der Waals surface area contributed by atoms with Gasteiger partial charge < -0.3 is 19.7 Å². The van der Waals surface area contributed by atoms with E-state index in [2.05, 4.69) is 32.7 Å². The summed E-state index contributed by atoms with van der Waals surface area (Å²) < 4.78 is 6.04. The second-order valence-corrected chi connectivity index (χ2v) is 13.9. The third-order valence-electron chi connectivity index (χ3n) is 12.3. The lowest BCUT2D eigenvalue weighted by Crippen LogP contribution is -2.62. The van der Waals surface area contributed by atoms with Crippen molar-refractivity contribution in [2.24, 2.45) is 52.3 Å². The van der Waals surface area contributed by atoms with Crippen LogP contribution in [0.1, 0.15) is 95.3 Å². The number of oxazole rings is 1. The summed E-state index contributed by atoms with van der Waals surface area (Å²) in [7, 11) is 0. The van der Waals surface area contributed by atoms with Crippen LogP contribution < -0.4 is 0 Å². The summed E-state index contributed by atoms with van der Waals surface area (Å²) in [6.45, 7) is 9.52. The van der Waals surface area contributed by atoms with E-state index in [0.717, 1.165) is 32.1 Å². The first-order valence-corrected chi connectivity index (χ1v) is 15.1. The Balaban J connectivity index is 1.26. The van der Waals surface area contributed by atoms with Crippen LogP contribution in [0.4, 0.5) is 0 Å². The SMILES string of the molecule is CC[C@H]1[C@@H](O)C2[C@@H]3CC[C@H]([C@H](C)Cc4nc5c(C(=O)O)cccc5o4)C3(C)CC[C@@H]2[C@@]2(C)CC[C@@H](O)C[C@@H]12. The molecule has 38 heavy (non-hydrogen) atoms. The molecule has 4 fully saturated rings. The number of para-hydroxylation sites is 1. The van der Waals surface area contributed by atoms with E-state index in [1.807, 2.05) is 0 Å². The standard InChI is InChI=1S/C32H45NO5/c1-5-19-24-16-18(34)11-13-32(24,4)23-12-14-31(3)21(9-10-22(31)27(23)29(19)35)17(2)15-26-33-28-20(30(36)37)7-6-8-25(28)38-26/h6-8,17-19,21-24,27,29,34-35H,5,9-16H2,1-4H3,(H,36,37)/t17-,18-,19-,21-,22+,23+,24+,27?,29-,31?,32-/m1/s1. The minimum absolute atomic E-state index is 0.176. The van der Waals surface area contributed by atoms with Crippen LogP contribution in [-0.4, -0.2) is 38.5 Å². The van der Waals surface area contributed by atoms with Gasteiger partial charge >= 0.3 is 5.97 Å². The quantitative estimate of drug-likeness (QED) is 0.423. The molecule has 2 aromatic rings. The molecular weight excluding hydrogens is 478 g/mol. The minimum Gasteiger partial charge on any atom is -0.478 e. The number of aliphatic hydroxyl groups is 2. The molecule has 6 nitrogen and oxygen atoms in total. The minimum atomic E-state index is -0.980. The molecule has 1 aromatic carbocycles. The maximum Gasteiger partial charge on any atom is 0.338 e. The Kier molecular flexibility index (Phi) is 6.46. The lowest BCUT2D eigenvalue weighted by molar-refractivity contribution is -0.203. The van der Waals surface area contributed by atoms with Crippen LogP contribution in [0.2, 0.25) is 0 Å². The monoisotopic (exact) mass is 523 g/mol. The van der Waals surface area contributed by atoms with Gasteiger partial charge in [-0.05, 0) is 109 Å². The Hall–Kier alpha value is -1.92. The van der Waals surface area contributed by atoms with Gasteiger partial charge in [-0.1, -0.05) is 40.2 Å². The number of hydrogen-bond acceptors (Lipinski definition) is 5. The van der Waals surface area contributed by atoms with Crippen LogP contribution in [0.15, 0.2) is 22.6 Å². The van der Waals surface area contributed by atoms with E-state index in [9.17, 15) is 20.1 Å². The van der Waals surface area contributed by atoms with Crippen LogP contribution in [0.25, 0.3) is 11.1 Å². The summed E-state index contributed by atoms with van der Waals surface area (Å²) in [5.41, 5.74) is 1.56. The molecule has 11 atom stereocenters. The Morgan fingerprint density at radius 3 is 2.55 bits per heavy atom. The Bertz CT molecular complexity index is 1210. The lowest BCUT2D eigenvalue weighted by Gasteiger charge is -2.64. The van der Waals surface area contributed by atoms with Gasteiger partial charge in [-0.3, -0.25) is 0 Å². The van der Waals surface area contributed by atoms with E-state index in [1.165, 1.54) is 19.3 Å². The second-order valence-electron chi connectivity index (χ2n) is 13.9. The highest BCUT2D eigenvalue weighted by molar-refractivity contribution is 6.00. The smallest absolute Gasteiger partial charge is 0.338 e. The number of hydrogen-bond donors (Lipinski definition) is 3. The fourth-order valence-corrected chi connectivity index (χ4v) is 10.6. The predicted molar refractivity (Wildman–Crippen MR) is 146 cm³/mol. The molecule has 6 heteroatoms. The maximum atomic E-state index is 11.9. The van der Waals surface area contributed by atoms with Crippen LogP contribution in [0, 0.1) is 52.3 Å². The number of carboxylic acids is 1. The lowest BCUT2D eigenvalue weighted by atomic mass is 9.41. The van der Waals surface area contributed by atoms with Gasteiger partial charge in [0.05, 0.1) is 17.8 Å². The van der Waals surface area contributed by atoms with Crippen LogP contribution in [0.3, 0.4) is 0 Å². The highest BCUT2D eigenvalue weighted by Gasteiger charge is 2.64. The zero-order chi connectivity index (χ0) is 27.0. The molecule has 0 amide bonds. The number of benzene rings is 1. The van der Waals surface area contributed by atoms with Gasteiger partial charge in [0.2, 0.25) is 0 Å². The van der Waals surface area contributed by atoms with E-state index in [0.29, 0.717) is 58.9 Å². The van der Waals surface area contributed by atoms with Crippen LogP contribution >= 0.6 is 0 Å². The molecule has 0 aliphatic heterocycles. The average molecular weight is 524 g/mol. The van der Waals surface area contributed by atoms with Crippen molar-refractivity contribution in [2.45, 2.75) is 97.7 Å². The molecule has 2 unspecified atom stereocenters. The highest BCUT2D eigenvalue weighted by atomic mass is 16.4. The number of rotatable bonds is 5. The normalized spacial score (nSPS) is 43.3. The molecule has 3 N–H and O–H groups in total. The topological polar surface area (TPSA) is 104 Å². The number of aliphatic hydroxyl groups excluding tert-OH is 2. The van der Waals surface area contributed by atoms with E-state index >= 15 is 0 Å². The first kappa shape index (κ1) is 26.3. The molecule has 1 aromatic heterocycles. The van der Waals surface area contributed by atoms with Crippen molar-refractivity contribution < 1.29 is 24.5 Å². The molecule has 6 rings (SSSR count). The Labute approximate surface area is 226 Å². The van der Waals surface area contributed by atoms with Crippen molar-refractivity contribution in [3.8, 4) is 0 Å². The summed E-state index contributed by atoms with van der Waals surface area (Å²) in [4.78, 5) is 16.3. The van der Waals surface area contributed by atoms with Crippen LogP contribution in [0.5, 0.6) is 0 Å². The first-order chi connectivity index (χ1) is 18.1. The third-order valence-corrected chi connectivity index (χ3v) is 12.3. The number of fused-ring (bicyclic) bond motifs is 6. The molecule has 4 aliphatic carbocycles. The number of carbonyl (C=O) groups is 1. The van der Waals surface area contributed by atoms with Crippen molar-refractivity contribution >= 4 is 17.1 Å². The van der Waals surface area contributed by atoms with Crippen molar-refractivity contribution in [1.29, 1.82) is 0 Å². The number of nitrogens with zero attached hydrogens (tertiary/aromatic N) is 1. The predicted octanol–water partition coefficient (Wildman–Crippen LogP) is 6.33. The number of aromatic carboxylic acids is 1. The van der Waals surface area contributed by atoms with Gasteiger partial charge in [0, 0.05) is 6.42 Å². The zero-order valence-corrected chi connectivity index (χ0v) is 23.4. The third kappa shape index (κ3) is 3.80. The van der Waals surface area contributed by atoms with E-state index in [4.69, 9.17) is 4.42 Å². The molecule has 0 radical (unpaired) electrons. The highest BCUT2D eigenvalue weighted by Crippen LogP contribution is 2.69. The molecule has 4 aliphatic rings. The van der Waals surface area contributed by atoms with Crippen molar-refractivity contribution in [2.75, 3.05) is 0 Å². The van der Waals surface area contributed by atoms with Gasteiger partial charge in [-0.2, -0.15) is 0 Å². The Morgan fingerprint density at radius 1 is 1.08 bits per heavy atom. The maximum absolute atomic E-state index is 11.9.